The number of benzene rings is 1. The first kappa shape index (κ1) is 11.3. The summed E-state index contributed by atoms with van der Waals surface area (Å²) in [5.74, 6) is -0.114. The van der Waals surface area contributed by atoms with E-state index in [1.54, 1.807) is 24.3 Å². The van der Waals surface area contributed by atoms with Gasteiger partial charge in [0.05, 0.1) is 0 Å². The molecule has 0 heterocycles. The van der Waals surface area contributed by atoms with Gasteiger partial charge in [-0.2, -0.15) is 0 Å². The van der Waals surface area contributed by atoms with E-state index in [4.69, 9.17) is 5.53 Å². The van der Waals surface area contributed by atoms with Gasteiger partial charge < -0.3 is 0 Å². The van der Waals surface area contributed by atoms with Crippen molar-refractivity contribution in [3.8, 4) is 0 Å². The van der Waals surface area contributed by atoms with Crippen LogP contribution in [0.5, 0.6) is 0 Å². The number of ketones is 1. The van der Waals surface area contributed by atoms with Crippen LogP contribution in [0.15, 0.2) is 35.4 Å². The van der Waals surface area contributed by atoms with Gasteiger partial charge in [0.15, 0.2) is 5.78 Å². The third-order valence-electron chi connectivity index (χ3n) is 2.13. The smallest absolute Gasteiger partial charge is 0.172 e. The van der Waals surface area contributed by atoms with Gasteiger partial charge in [-0.3, -0.25) is 4.79 Å². The van der Waals surface area contributed by atoms with Crippen LogP contribution in [0.25, 0.3) is 10.4 Å². The highest BCUT2D eigenvalue weighted by Gasteiger charge is 2.21. The van der Waals surface area contributed by atoms with Gasteiger partial charge in [-0.05, 0) is 11.4 Å². The first-order valence-corrected chi connectivity index (χ1v) is 4.80. The average Bonchev–Trinajstić information content (AvgIpc) is 2.26. The summed E-state index contributed by atoms with van der Waals surface area (Å²) in [4.78, 5) is 14.6. The Labute approximate surface area is 88.6 Å². The second-order valence-corrected chi connectivity index (χ2v) is 3.62. The van der Waals surface area contributed by atoms with Crippen molar-refractivity contribution in [3.63, 3.8) is 0 Å². The van der Waals surface area contributed by atoms with Crippen LogP contribution in [0.4, 0.5) is 0 Å². The monoisotopic (exact) mass is 203 g/mol. The van der Waals surface area contributed by atoms with Crippen molar-refractivity contribution in [2.45, 2.75) is 19.9 Å². The van der Waals surface area contributed by atoms with E-state index in [0.717, 1.165) is 0 Å². The lowest BCUT2D eigenvalue weighted by Crippen LogP contribution is -2.23. The van der Waals surface area contributed by atoms with E-state index >= 15 is 0 Å². The molecule has 1 unspecified atom stereocenters. The molecule has 0 aliphatic heterocycles. The molecule has 0 saturated heterocycles. The molecular formula is C11H13N3O. The molecule has 4 heteroatoms. The molecule has 0 amide bonds. The highest BCUT2D eigenvalue weighted by Crippen LogP contribution is 2.13. The van der Waals surface area contributed by atoms with Crippen molar-refractivity contribution < 1.29 is 4.79 Å². The van der Waals surface area contributed by atoms with Crippen molar-refractivity contribution in [1.82, 2.24) is 0 Å². The molecule has 0 bridgehead atoms. The lowest BCUT2D eigenvalue weighted by Gasteiger charge is -2.13. The molecule has 0 radical (unpaired) electrons. The fraction of sp³-hybridized carbons (Fsp3) is 0.364. The number of rotatable bonds is 4. The topological polar surface area (TPSA) is 65.8 Å². The van der Waals surface area contributed by atoms with Gasteiger partial charge in [0.2, 0.25) is 0 Å². The third kappa shape index (κ3) is 2.82. The quantitative estimate of drug-likeness (QED) is 0.320. The van der Waals surface area contributed by atoms with Crippen LogP contribution in [0.2, 0.25) is 0 Å². The molecule has 0 aliphatic rings. The zero-order chi connectivity index (χ0) is 11.3. The third-order valence-corrected chi connectivity index (χ3v) is 2.13. The van der Waals surface area contributed by atoms with E-state index in [1.165, 1.54) is 0 Å². The summed E-state index contributed by atoms with van der Waals surface area (Å²) in [6.45, 7) is 3.72. The summed E-state index contributed by atoms with van der Waals surface area (Å²) < 4.78 is 0. The van der Waals surface area contributed by atoms with Gasteiger partial charge in [0, 0.05) is 10.5 Å². The van der Waals surface area contributed by atoms with Crippen LogP contribution >= 0.6 is 0 Å². The number of carbonyl (C=O) groups excluding carboxylic acids is 1. The summed E-state index contributed by atoms with van der Waals surface area (Å²) >= 11 is 0. The molecule has 0 spiro atoms. The standard InChI is InChI=1S/C11H13N3O/c1-8(2)10(13-14-12)11(15)9-6-4-3-5-7-9/h3-8,10H,1-2H3. The molecule has 0 N–H and O–H groups in total. The van der Waals surface area contributed by atoms with Gasteiger partial charge in [0.25, 0.3) is 0 Å². The predicted molar refractivity (Wildman–Crippen MR) is 58.5 cm³/mol. The Kier molecular flexibility index (Phi) is 3.89. The molecule has 15 heavy (non-hydrogen) atoms. The Balaban J connectivity index is 2.96. The fourth-order valence-electron chi connectivity index (χ4n) is 1.32. The first-order chi connectivity index (χ1) is 7.16. The van der Waals surface area contributed by atoms with E-state index in [-0.39, 0.29) is 11.7 Å². The van der Waals surface area contributed by atoms with Gasteiger partial charge >= 0.3 is 0 Å². The van der Waals surface area contributed by atoms with Gasteiger partial charge in [-0.1, -0.05) is 49.3 Å². The van der Waals surface area contributed by atoms with Crippen molar-refractivity contribution in [3.05, 3.63) is 46.3 Å². The zero-order valence-corrected chi connectivity index (χ0v) is 8.79. The summed E-state index contributed by atoms with van der Waals surface area (Å²) in [5.41, 5.74) is 8.97. The Morgan fingerprint density at radius 1 is 1.33 bits per heavy atom. The summed E-state index contributed by atoms with van der Waals surface area (Å²) in [5, 5.41) is 3.53. The van der Waals surface area contributed by atoms with Gasteiger partial charge in [-0.25, -0.2) is 0 Å². The van der Waals surface area contributed by atoms with E-state index < -0.39 is 6.04 Å². The van der Waals surface area contributed by atoms with Gasteiger partial charge in [0.1, 0.15) is 6.04 Å². The molecule has 1 aromatic rings. The van der Waals surface area contributed by atoms with E-state index in [0.29, 0.717) is 5.56 Å². The van der Waals surface area contributed by atoms with E-state index in [9.17, 15) is 4.79 Å². The minimum atomic E-state index is -0.614. The van der Waals surface area contributed by atoms with Crippen molar-refractivity contribution in [2.24, 2.45) is 11.0 Å². The number of Topliss-reactive ketones (excluding diaryl/α,β-unsaturated/α-hetero) is 1. The molecule has 1 rings (SSSR count). The maximum atomic E-state index is 11.9. The Morgan fingerprint density at radius 3 is 2.40 bits per heavy atom. The molecular weight excluding hydrogens is 190 g/mol. The zero-order valence-electron chi connectivity index (χ0n) is 8.79. The molecule has 0 fully saturated rings. The van der Waals surface area contributed by atoms with Gasteiger partial charge in [-0.15, -0.1) is 0 Å². The number of azide groups is 1. The highest BCUT2D eigenvalue weighted by atomic mass is 16.1. The predicted octanol–water partition coefficient (Wildman–Crippen LogP) is 3.20. The van der Waals surface area contributed by atoms with E-state index in [1.807, 2.05) is 19.9 Å². The molecule has 0 aliphatic carbocycles. The van der Waals surface area contributed by atoms with Crippen LogP contribution < -0.4 is 0 Å². The van der Waals surface area contributed by atoms with E-state index in [2.05, 4.69) is 10.0 Å². The minimum Gasteiger partial charge on any atom is -0.294 e. The molecule has 0 saturated carbocycles. The van der Waals surface area contributed by atoms with Crippen molar-refractivity contribution >= 4 is 5.78 Å². The Morgan fingerprint density at radius 2 is 1.93 bits per heavy atom. The minimum absolute atomic E-state index is 0.00797. The van der Waals surface area contributed by atoms with Crippen LogP contribution in [0.1, 0.15) is 24.2 Å². The lowest BCUT2D eigenvalue weighted by atomic mass is 9.96. The van der Waals surface area contributed by atoms with Crippen LogP contribution in [0, 0.1) is 5.92 Å². The fourth-order valence-corrected chi connectivity index (χ4v) is 1.32. The Bertz CT molecular complexity index is 380. The second-order valence-electron chi connectivity index (χ2n) is 3.62. The summed E-state index contributed by atoms with van der Waals surface area (Å²) in [7, 11) is 0. The van der Waals surface area contributed by atoms with Crippen LogP contribution in [0.3, 0.4) is 0 Å². The SMILES string of the molecule is CC(C)C(N=[N+]=[N-])C(=O)c1ccccc1. The largest absolute Gasteiger partial charge is 0.294 e. The second kappa shape index (κ2) is 5.17. The normalized spacial score (nSPS) is 11.9. The van der Waals surface area contributed by atoms with Crippen molar-refractivity contribution in [2.75, 3.05) is 0 Å². The molecule has 0 aromatic heterocycles. The maximum absolute atomic E-state index is 11.9. The number of nitrogens with zero attached hydrogens (tertiary/aromatic N) is 3. The summed E-state index contributed by atoms with van der Waals surface area (Å²) in [6, 6.07) is 8.27. The van der Waals surface area contributed by atoms with Crippen LogP contribution in [-0.2, 0) is 0 Å². The lowest BCUT2D eigenvalue weighted by molar-refractivity contribution is 0.0941. The molecule has 78 valence electrons. The molecule has 1 aromatic carbocycles. The summed E-state index contributed by atoms with van der Waals surface area (Å²) in [6.07, 6.45) is 0. The Hall–Kier alpha value is -1.80. The van der Waals surface area contributed by atoms with Crippen molar-refractivity contribution in [1.29, 1.82) is 0 Å². The first-order valence-electron chi connectivity index (χ1n) is 4.80. The number of hydrogen-bond acceptors (Lipinski definition) is 2. The average molecular weight is 203 g/mol. The molecule has 1 atom stereocenters. The molecule has 4 nitrogen and oxygen atoms in total. The maximum Gasteiger partial charge on any atom is 0.172 e. The highest BCUT2D eigenvalue weighted by molar-refractivity contribution is 6.00. The number of hydrogen-bond donors (Lipinski definition) is 0. The van der Waals surface area contributed by atoms with Crippen LogP contribution in [-0.4, -0.2) is 11.8 Å². The number of carbonyl (C=O) groups is 1.